The van der Waals surface area contributed by atoms with E-state index in [1.54, 1.807) is 0 Å². The van der Waals surface area contributed by atoms with Crippen molar-refractivity contribution in [3.63, 3.8) is 0 Å². The number of benzene rings is 1. The van der Waals surface area contributed by atoms with E-state index in [1.807, 2.05) is 30.3 Å². The first kappa shape index (κ1) is 16.5. The minimum atomic E-state index is -2.87. The summed E-state index contributed by atoms with van der Waals surface area (Å²) in [5.41, 5.74) is 0.687. The summed E-state index contributed by atoms with van der Waals surface area (Å²) in [7, 11) is -2.87. The summed E-state index contributed by atoms with van der Waals surface area (Å²) in [6.07, 6.45) is 3.36. The Morgan fingerprint density at radius 3 is 2.43 bits per heavy atom. The normalized spacial score (nSPS) is 25.3. The van der Waals surface area contributed by atoms with Gasteiger partial charge >= 0.3 is 0 Å². The summed E-state index contributed by atoms with van der Waals surface area (Å²) in [4.78, 5) is 14.4. The molecule has 0 bridgehead atoms. The second-order valence-electron chi connectivity index (χ2n) is 6.55. The second-order valence-corrected chi connectivity index (χ2v) is 8.95. The Labute approximate surface area is 138 Å². The largest absolute Gasteiger partial charge is 0.349 e. The van der Waals surface area contributed by atoms with Crippen LogP contribution in [0.2, 0.25) is 0 Å². The molecular weight excluding hydrogens is 312 g/mol. The number of hydrogen-bond acceptors (Lipinski definition) is 4. The monoisotopic (exact) mass is 336 g/mol. The summed E-state index contributed by atoms with van der Waals surface area (Å²) in [6, 6.07) is 9.43. The molecule has 1 aromatic carbocycles. The summed E-state index contributed by atoms with van der Waals surface area (Å²) in [5, 5.41) is 2.90. The van der Waals surface area contributed by atoms with Crippen LogP contribution in [0.4, 0.5) is 0 Å². The van der Waals surface area contributed by atoms with Gasteiger partial charge in [-0.25, -0.2) is 8.42 Å². The molecule has 1 atom stereocenters. The lowest BCUT2D eigenvalue weighted by Crippen LogP contribution is -2.47. The van der Waals surface area contributed by atoms with Crippen LogP contribution in [-0.2, 0) is 9.84 Å². The molecule has 3 rings (SSSR count). The third-order valence-electron chi connectivity index (χ3n) is 4.88. The fourth-order valence-electron chi connectivity index (χ4n) is 3.47. The first-order valence-electron chi connectivity index (χ1n) is 8.34. The maximum absolute atomic E-state index is 12.2. The highest BCUT2D eigenvalue weighted by Gasteiger charge is 2.33. The van der Waals surface area contributed by atoms with E-state index in [1.165, 1.54) is 0 Å². The first-order valence-corrected chi connectivity index (χ1v) is 10.1. The number of nitrogens with zero attached hydrogens (tertiary/aromatic N) is 1. The van der Waals surface area contributed by atoms with Crippen LogP contribution in [-0.4, -0.2) is 55.9 Å². The van der Waals surface area contributed by atoms with Crippen LogP contribution >= 0.6 is 0 Å². The van der Waals surface area contributed by atoms with Crippen LogP contribution in [0.25, 0.3) is 0 Å². The van der Waals surface area contributed by atoms with E-state index in [0.717, 1.165) is 38.8 Å². The predicted molar refractivity (Wildman–Crippen MR) is 90.2 cm³/mol. The molecule has 0 radical (unpaired) electrons. The molecule has 1 unspecified atom stereocenters. The third kappa shape index (κ3) is 4.12. The maximum atomic E-state index is 12.2. The van der Waals surface area contributed by atoms with Gasteiger partial charge < -0.3 is 10.2 Å². The molecule has 6 heteroatoms. The van der Waals surface area contributed by atoms with Gasteiger partial charge in [-0.2, -0.15) is 0 Å². The molecule has 0 spiro atoms. The molecule has 1 aromatic rings. The maximum Gasteiger partial charge on any atom is 0.251 e. The Balaban J connectivity index is 1.46. The van der Waals surface area contributed by atoms with Gasteiger partial charge in [-0.3, -0.25) is 4.79 Å². The molecule has 2 saturated heterocycles. The lowest BCUT2D eigenvalue weighted by atomic mass is 10.0. The molecule has 2 heterocycles. The third-order valence-corrected chi connectivity index (χ3v) is 7.14. The lowest BCUT2D eigenvalue weighted by molar-refractivity contribution is 0.0911. The van der Waals surface area contributed by atoms with Crippen LogP contribution in [0, 0.1) is 0 Å². The Bertz CT molecular complexity index is 637. The van der Waals surface area contributed by atoms with Gasteiger partial charge in [-0.05, 0) is 37.8 Å². The fraction of sp³-hybridized carbons (Fsp3) is 0.588. The van der Waals surface area contributed by atoms with E-state index in [2.05, 4.69) is 10.2 Å². The quantitative estimate of drug-likeness (QED) is 0.904. The number of nitrogens with one attached hydrogen (secondary N) is 1. The topological polar surface area (TPSA) is 66.5 Å². The Morgan fingerprint density at radius 2 is 1.83 bits per heavy atom. The summed E-state index contributed by atoms with van der Waals surface area (Å²) >= 11 is 0. The van der Waals surface area contributed by atoms with E-state index in [0.29, 0.717) is 17.9 Å². The Kier molecular flexibility index (Phi) is 5.02. The first-order chi connectivity index (χ1) is 11.0. The van der Waals surface area contributed by atoms with E-state index in [9.17, 15) is 13.2 Å². The molecule has 0 aliphatic carbocycles. The SMILES string of the molecule is O=C(NC1CCN(CC2CCCS2(=O)=O)CC1)c1ccccc1. The van der Waals surface area contributed by atoms with Crippen LogP contribution in [0.5, 0.6) is 0 Å². The Morgan fingerprint density at radius 1 is 1.13 bits per heavy atom. The van der Waals surface area contributed by atoms with Crippen molar-refractivity contribution in [1.29, 1.82) is 0 Å². The number of rotatable bonds is 4. The zero-order valence-electron chi connectivity index (χ0n) is 13.3. The second kappa shape index (κ2) is 7.01. The van der Waals surface area contributed by atoms with Crippen molar-refractivity contribution < 1.29 is 13.2 Å². The molecule has 2 aliphatic rings. The van der Waals surface area contributed by atoms with E-state index < -0.39 is 9.84 Å². The van der Waals surface area contributed by atoms with Crippen LogP contribution in [0.15, 0.2) is 30.3 Å². The molecule has 2 fully saturated rings. The van der Waals surface area contributed by atoms with Crippen molar-refractivity contribution in [2.24, 2.45) is 0 Å². The van der Waals surface area contributed by atoms with E-state index in [4.69, 9.17) is 0 Å². The van der Waals surface area contributed by atoms with Crippen LogP contribution in [0.1, 0.15) is 36.0 Å². The van der Waals surface area contributed by atoms with Crippen molar-refractivity contribution in [1.82, 2.24) is 10.2 Å². The van der Waals surface area contributed by atoms with Crippen LogP contribution in [0.3, 0.4) is 0 Å². The minimum Gasteiger partial charge on any atom is -0.349 e. The average Bonchev–Trinajstić information content (AvgIpc) is 2.88. The summed E-state index contributed by atoms with van der Waals surface area (Å²) in [5.74, 6) is 0.323. The summed E-state index contributed by atoms with van der Waals surface area (Å²) < 4.78 is 23.8. The number of piperidine rings is 1. The number of carbonyl (C=O) groups excluding carboxylic acids is 1. The number of hydrogen-bond donors (Lipinski definition) is 1. The van der Waals surface area contributed by atoms with Gasteiger partial charge in [0, 0.05) is 31.2 Å². The van der Waals surface area contributed by atoms with Gasteiger partial charge in [-0.15, -0.1) is 0 Å². The van der Waals surface area contributed by atoms with Gasteiger partial charge in [-0.1, -0.05) is 18.2 Å². The fourth-order valence-corrected chi connectivity index (χ4v) is 5.34. The molecule has 23 heavy (non-hydrogen) atoms. The molecule has 0 saturated carbocycles. The molecule has 126 valence electrons. The van der Waals surface area contributed by atoms with Crippen molar-refractivity contribution >= 4 is 15.7 Å². The molecular formula is C17H24N2O3S. The average molecular weight is 336 g/mol. The lowest BCUT2D eigenvalue weighted by Gasteiger charge is -2.33. The number of carbonyl (C=O) groups is 1. The minimum absolute atomic E-state index is 0.0255. The number of sulfone groups is 1. The van der Waals surface area contributed by atoms with Gasteiger partial charge in [0.2, 0.25) is 0 Å². The predicted octanol–water partition coefficient (Wildman–Crippen LogP) is 1.46. The molecule has 5 nitrogen and oxygen atoms in total. The zero-order valence-corrected chi connectivity index (χ0v) is 14.1. The van der Waals surface area contributed by atoms with Crippen LogP contribution < -0.4 is 5.32 Å². The molecule has 0 aromatic heterocycles. The van der Waals surface area contributed by atoms with E-state index >= 15 is 0 Å². The molecule has 1 N–H and O–H groups in total. The standard InChI is InChI=1S/C17H24N2O3S/c20-17(14-5-2-1-3-6-14)18-15-8-10-19(11-9-15)13-16-7-4-12-23(16,21)22/h1-3,5-6,15-16H,4,7-13H2,(H,18,20). The molecule has 2 aliphatic heterocycles. The van der Waals surface area contributed by atoms with Crippen molar-refractivity contribution in [3.05, 3.63) is 35.9 Å². The Hall–Kier alpha value is -1.40. The van der Waals surface area contributed by atoms with Crippen molar-refractivity contribution in [2.75, 3.05) is 25.4 Å². The van der Waals surface area contributed by atoms with Crippen molar-refractivity contribution in [3.8, 4) is 0 Å². The van der Waals surface area contributed by atoms with Crippen molar-refractivity contribution in [2.45, 2.75) is 37.0 Å². The smallest absolute Gasteiger partial charge is 0.251 e. The molecule has 1 amide bonds. The van der Waals surface area contributed by atoms with Gasteiger partial charge in [0.15, 0.2) is 9.84 Å². The van der Waals surface area contributed by atoms with E-state index in [-0.39, 0.29) is 17.2 Å². The van der Waals surface area contributed by atoms with Gasteiger partial charge in [0.25, 0.3) is 5.91 Å². The highest BCUT2D eigenvalue weighted by atomic mass is 32.2. The van der Waals surface area contributed by atoms with Gasteiger partial charge in [0.1, 0.15) is 0 Å². The number of amides is 1. The highest BCUT2D eigenvalue weighted by Crippen LogP contribution is 2.22. The highest BCUT2D eigenvalue weighted by molar-refractivity contribution is 7.92. The summed E-state index contributed by atoms with van der Waals surface area (Å²) in [6.45, 7) is 2.36. The number of likely N-dealkylation sites (tertiary alicyclic amines) is 1. The van der Waals surface area contributed by atoms with Gasteiger partial charge in [0.05, 0.1) is 11.0 Å². The zero-order chi connectivity index (χ0) is 16.3.